The van der Waals surface area contributed by atoms with Gasteiger partial charge in [0.2, 0.25) is 0 Å². The molecule has 0 fully saturated rings. The molecule has 0 radical (unpaired) electrons. The Labute approximate surface area is 86.6 Å². The molecule has 0 spiro atoms. The van der Waals surface area contributed by atoms with E-state index in [1.165, 1.54) is 19.3 Å². The minimum atomic E-state index is -0.670. The van der Waals surface area contributed by atoms with Crippen molar-refractivity contribution < 1.29 is 34.9 Å². The maximum atomic E-state index is 10.0. The van der Waals surface area contributed by atoms with Crippen LogP contribution in [0.25, 0.3) is 0 Å². The van der Waals surface area contributed by atoms with Gasteiger partial charge in [0.25, 0.3) is 0 Å². The zero-order valence-corrected chi connectivity index (χ0v) is 10.7. The quantitative estimate of drug-likeness (QED) is 0.557. The molecule has 0 atom stereocenters. The monoisotopic (exact) mass is 224 g/mol. The van der Waals surface area contributed by atoms with Crippen molar-refractivity contribution in [3.63, 3.8) is 0 Å². The van der Waals surface area contributed by atoms with Crippen LogP contribution in [0.5, 0.6) is 0 Å². The smallest absolute Gasteiger partial charge is 2.00 e. The number of carboxylic acid groups (broad SMARTS) is 1. The summed E-state index contributed by atoms with van der Waals surface area (Å²) < 4.78 is 0. The first-order valence-corrected chi connectivity index (χ1v) is 3.99. The van der Waals surface area contributed by atoms with Gasteiger partial charge in [0.15, 0.2) is 0 Å². The minimum Gasteiger partial charge on any atom is -2.00 e. The predicted octanol–water partition coefficient (Wildman–Crippen LogP) is 2.31. The van der Waals surface area contributed by atoms with E-state index < -0.39 is 5.97 Å². The van der Waals surface area contributed by atoms with Crippen molar-refractivity contribution in [1.82, 2.24) is 0 Å². The van der Waals surface area contributed by atoms with Crippen LogP contribution < -0.4 is 0 Å². The minimum absolute atomic E-state index is 0. The van der Waals surface area contributed by atoms with E-state index >= 15 is 0 Å². The number of unbranched alkanes of at least 4 members (excludes halogenated alkanes) is 4. The van der Waals surface area contributed by atoms with Gasteiger partial charge in [-0.3, -0.25) is 4.79 Å². The summed E-state index contributed by atoms with van der Waals surface area (Å²) in [6.07, 6.45) is 5.88. The predicted molar refractivity (Wildman–Crippen MR) is 41.7 cm³/mol. The van der Waals surface area contributed by atoms with Gasteiger partial charge in [0, 0.05) is 6.42 Å². The van der Waals surface area contributed by atoms with E-state index in [0.29, 0.717) is 6.42 Å². The van der Waals surface area contributed by atoms with Crippen LogP contribution in [0, 0.1) is 0 Å². The van der Waals surface area contributed by atoms with Gasteiger partial charge >= 0.3 is 25.4 Å². The fourth-order valence-corrected chi connectivity index (χ4v) is 0.880. The summed E-state index contributed by atoms with van der Waals surface area (Å²) in [5, 5.41) is 8.27. The Morgan fingerprint density at radius 1 is 1.17 bits per heavy atom. The fraction of sp³-hybridized carbons (Fsp3) is 0.875. The molecular weight excluding hydrogens is 209 g/mol. The Morgan fingerprint density at radius 3 is 2.08 bits per heavy atom. The Morgan fingerprint density at radius 2 is 1.67 bits per heavy atom. The number of carbonyl (C=O) groups is 1. The molecule has 0 saturated heterocycles. The topological polar surface area (TPSA) is 65.8 Å². The molecule has 0 rings (SSSR count). The van der Waals surface area contributed by atoms with E-state index in [4.69, 9.17) is 5.11 Å². The standard InChI is InChI=1S/C8H16O2.O.Zn/c1-2-3-4-5-6-7-8(9)10;;/h2-7H2,1H3,(H,9,10);;/q;-2;+2. The first-order chi connectivity index (χ1) is 4.77. The zero-order valence-electron chi connectivity index (χ0n) is 7.71. The third-order valence-electron chi connectivity index (χ3n) is 1.49. The van der Waals surface area contributed by atoms with Gasteiger partial charge in [0.1, 0.15) is 0 Å². The van der Waals surface area contributed by atoms with Gasteiger partial charge in [0.05, 0.1) is 0 Å². The summed E-state index contributed by atoms with van der Waals surface area (Å²) >= 11 is 0. The molecule has 0 amide bonds. The molecule has 0 aliphatic carbocycles. The second kappa shape index (κ2) is 13.6. The second-order valence-corrected chi connectivity index (χ2v) is 2.56. The average molecular weight is 226 g/mol. The molecule has 12 heavy (non-hydrogen) atoms. The normalized spacial score (nSPS) is 8.08. The van der Waals surface area contributed by atoms with Crippen molar-refractivity contribution in [3.05, 3.63) is 0 Å². The fourth-order valence-electron chi connectivity index (χ4n) is 0.880. The summed E-state index contributed by atoms with van der Waals surface area (Å²) in [6, 6.07) is 0. The van der Waals surface area contributed by atoms with Crippen molar-refractivity contribution in [2.75, 3.05) is 0 Å². The van der Waals surface area contributed by atoms with Crippen LogP contribution in [0.3, 0.4) is 0 Å². The van der Waals surface area contributed by atoms with Gasteiger partial charge in [-0.1, -0.05) is 32.6 Å². The first kappa shape index (κ1) is 18.0. The molecule has 0 heterocycles. The average Bonchev–Trinajstić information content (AvgIpc) is 1.87. The molecule has 0 aromatic heterocycles. The van der Waals surface area contributed by atoms with Crippen LogP contribution >= 0.6 is 0 Å². The number of aliphatic carboxylic acids is 1. The van der Waals surface area contributed by atoms with Crippen molar-refractivity contribution >= 4 is 5.97 Å². The molecular formula is C8H16O3Zn. The van der Waals surface area contributed by atoms with E-state index in [1.54, 1.807) is 0 Å². The first-order valence-electron chi connectivity index (χ1n) is 3.99. The van der Waals surface area contributed by atoms with Crippen molar-refractivity contribution in [1.29, 1.82) is 0 Å². The molecule has 68 valence electrons. The molecule has 0 bridgehead atoms. The van der Waals surface area contributed by atoms with E-state index in [0.717, 1.165) is 12.8 Å². The largest absolute Gasteiger partial charge is 2.00 e. The van der Waals surface area contributed by atoms with E-state index in [-0.39, 0.29) is 25.0 Å². The number of hydrogen-bond donors (Lipinski definition) is 1. The molecule has 0 saturated carbocycles. The Bertz CT molecular complexity index is 96.3. The van der Waals surface area contributed by atoms with Crippen LogP contribution in [-0.2, 0) is 29.7 Å². The van der Waals surface area contributed by atoms with Gasteiger partial charge in [-0.05, 0) is 6.42 Å². The molecule has 0 aromatic rings. The van der Waals surface area contributed by atoms with Crippen LogP contribution in [0.15, 0.2) is 0 Å². The third kappa shape index (κ3) is 16.6. The van der Waals surface area contributed by atoms with Gasteiger partial charge in [-0.15, -0.1) is 0 Å². The van der Waals surface area contributed by atoms with Crippen molar-refractivity contribution in [3.8, 4) is 0 Å². The molecule has 4 heteroatoms. The van der Waals surface area contributed by atoms with Gasteiger partial charge in [-0.25, -0.2) is 0 Å². The zero-order chi connectivity index (χ0) is 7.82. The molecule has 0 unspecified atom stereocenters. The number of hydrogen-bond acceptors (Lipinski definition) is 1. The van der Waals surface area contributed by atoms with Gasteiger partial charge < -0.3 is 10.6 Å². The molecule has 3 nitrogen and oxygen atoms in total. The molecule has 0 aliphatic rings. The van der Waals surface area contributed by atoms with Crippen LogP contribution in [0.2, 0.25) is 0 Å². The summed E-state index contributed by atoms with van der Waals surface area (Å²) in [5.74, 6) is -0.670. The Kier molecular flexibility index (Phi) is 20.4. The van der Waals surface area contributed by atoms with Crippen molar-refractivity contribution in [2.45, 2.75) is 45.4 Å². The third-order valence-corrected chi connectivity index (χ3v) is 1.49. The second-order valence-electron chi connectivity index (χ2n) is 2.56. The van der Waals surface area contributed by atoms with Crippen LogP contribution in [0.1, 0.15) is 45.4 Å². The summed E-state index contributed by atoms with van der Waals surface area (Å²) in [6.45, 7) is 2.15. The summed E-state index contributed by atoms with van der Waals surface area (Å²) in [4.78, 5) is 10.0. The Hall–Kier alpha value is 0.0534. The van der Waals surface area contributed by atoms with Crippen LogP contribution in [0.4, 0.5) is 0 Å². The summed E-state index contributed by atoms with van der Waals surface area (Å²) in [5.41, 5.74) is 0. The van der Waals surface area contributed by atoms with Crippen molar-refractivity contribution in [2.24, 2.45) is 0 Å². The van der Waals surface area contributed by atoms with Crippen LogP contribution in [-0.4, -0.2) is 11.1 Å². The molecule has 0 aliphatic heterocycles. The van der Waals surface area contributed by atoms with Gasteiger partial charge in [-0.2, -0.15) is 0 Å². The SMILES string of the molecule is CCCCCCCC(=O)O.[O-2].[Zn+2]. The number of rotatable bonds is 6. The van der Waals surface area contributed by atoms with E-state index in [9.17, 15) is 4.79 Å². The maximum absolute atomic E-state index is 10.0. The maximum Gasteiger partial charge on any atom is 2.00 e. The Balaban J connectivity index is -0.000000405. The number of carboxylic acids is 1. The molecule has 0 aromatic carbocycles. The van der Waals surface area contributed by atoms with E-state index in [2.05, 4.69) is 6.92 Å². The van der Waals surface area contributed by atoms with E-state index in [1.807, 2.05) is 0 Å². The molecule has 1 N–H and O–H groups in total. The summed E-state index contributed by atoms with van der Waals surface area (Å²) in [7, 11) is 0.